The highest BCUT2D eigenvalue weighted by Crippen LogP contribution is 2.52. The molecule has 5 heteroatoms. The number of benzene rings is 1. The molecule has 0 heterocycles. The zero-order valence-corrected chi connectivity index (χ0v) is 11.6. The Morgan fingerprint density at radius 2 is 1.72 bits per heavy atom. The first-order valence-electron chi connectivity index (χ1n) is 5.85. The summed E-state index contributed by atoms with van der Waals surface area (Å²) in [7, 11) is 4.75. The van der Waals surface area contributed by atoms with E-state index in [4.69, 9.17) is 31.5 Å². The first kappa shape index (κ1) is 13.3. The van der Waals surface area contributed by atoms with Crippen molar-refractivity contribution in [2.45, 2.75) is 24.8 Å². The molecule has 1 aromatic rings. The highest BCUT2D eigenvalue weighted by atomic mass is 35.5. The van der Waals surface area contributed by atoms with E-state index in [9.17, 15) is 0 Å². The zero-order chi connectivity index (χ0) is 13.3. The molecule has 1 aromatic carbocycles. The second kappa shape index (κ2) is 4.86. The van der Waals surface area contributed by atoms with Gasteiger partial charge in [0.15, 0.2) is 11.5 Å². The molecule has 0 aliphatic heterocycles. The Kier molecular flexibility index (Phi) is 3.59. The predicted octanol–water partition coefficient (Wildman–Crippen LogP) is 2.70. The SMILES string of the molecule is COc1cc(Cl)c(OC)c(C2(N)CCC2)c1OC. The predicted molar refractivity (Wildman–Crippen MR) is 70.8 cm³/mol. The fraction of sp³-hybridized carbons (Fsp3) is 0.538. The van der Waals surface area contributed by atoms with Crippen LogP contribution in [0.3, 0.4) is 0 Å². The Bertz CT molecular complexity index is 458. The molecule has 2 N–H and O–H groups in total. The second-order valence-electron chi connectivity index (χ2n) is 4.51. The van der Waals surface area contributed by atoms with Crippen LogP contribution in [-0.4, -0.2) is 21.3 Å². The van der Waals surface area contributed by atoms with Crippen LogP contribution in [0.15, 0.2) is 6.07 Å². The topological polar surface area (TPSA) is 53.7 Å². The van der Waals surface area contributed by atoms with Crippen molar-refractivity contribution in [2.24, 2.45) is 5.73 Å². The fourth-order valence-electron chi connectivity index (χ4n) is 2.41. The lowest BCUT2D eigenvalue weighted by atomic mass is 9.72. The van der Waals surface area contributed by atoms with Gasteiger partial charge in [-0.15, -0.1) is 0 Å². The first-order valence-corrected chi connectivity index (χ1v) is 6.23. The van der Waals surface area contributed by atoms with E-state index in [1.807, 2.05) is 0 Å². The number of ether oxygens (including phenoxy) is 3. The Hall–Kier alpha value is -1.13. The summed E-state index contributed by atoms with van der Waals surface area (Å²) < 4.78 is 16.1. The van der Waals surface area contributed by atoms with Crippen molar-refractivity contribution in [1.82, 2.24) is 0 Å². The van der Waals surface area contributed by atoms with Crippen molar-refractivity contribution in [3.8, 4) is 17.2 Å². The minimum absolute atomic E-state index is 0.436. The quantitative estimate of drug-likeness (QED) is 0.915. The summed E-state index contributed by atoms with van der Waals surface area (Å²) in [6.45, 7) is 0. The van der Waals surface area contributed by atoms with Crippen molar-refractivity contribution in [2.75, 3.05) is 21.3 Å². The molecule has 0 radical (unpaired) electrons. The number of nitrogens with two attached hydrogens (primary N) is 1. The lowest BCUT2D eigenvalue weighted by Gasteiger charge is -2.40. The molecule has 0 saturated heterocycles. The van der Waals surface area contributed by atoms with E-state index in [1.54, 1.807) is 27.4 Å². The molecule has 0 spiro atoms. The molecule has 1 aliphatic rings. The van der Waals surface area contributed by atoms with E-state index < -0.39 is 5.54 Å². The lowest BCUT2D eigenvalue weighted by molar-refractivity contribution is 0.230. The average Bonchev–Trinajstić information content (AvgIpc) is 2.34. The van der Waals surface area contributed by atoms with Gasteiger partial charge in [-0.2, -0.15) is 0 Å². The third kappa shape index (κ3) is 1.89. The van der Waals surface area contributed by atoms with E-state index in [0.717, 1.165) is 24.8 Å². The van der Waals surface area contributed by atoms with Gasteiger partial charge < -0.3 is 19.9 Å². The van der Waals surface area contributed by atoms with Crippen molar-refractivity contribution in [1.29, 1.82) is 0 Å². The van der Waals surface area contributed by atoms with Crippen LogP contribution in [0.4, 0.5) is 0 Å². The Balaban J connectivity index is 2.68. The molecule has 4 nitrogen and oxygen atoms in total. The number of methoxy groups -OCH3 is 3. The number of rotatable bonds is 4. The molecule has 1 aliphatic carbocycles. The third-order valence-electron chi connectivity index (χ3n) is 3.52. The molecule has 2 rings (SSSR count). The van der Waals surface area contributed by atoms with Crippen LogP contribution in [0.25, 0.3) is 0 Å². The lowest BCUT2D eigenvalue weighted by Crippen LogP contribution is -2.43. The maximum Gasteiger partial charge on any atom is 0.169 e. The van der Waals surface area contributed by atoms with E-state index >= 15 is 0 Å². The maximum atomic E-state index is 6.40. The fourth-order valence-corrected chi connectivity index (χ4v) is 2.68. The first-order chi connectivity index (χ1) is 8.57. The van der Waals surface area contributed by atoms with Crippen molar-refractivity contribution < 1.29 is 14.2 Å². The summed E-state index contributed by atoms with van der Waals surface area (Å²) >= 11 is 6.21. The van der Waals surface area contributed by atoms with E-state index in [0.29, 0.717) is 22.3 Å². The molecule has 18 heavy (non-hydrogen) atoms. The molecule has 0 amide bonds. The van der Waals surface area contributed by atoms with Gasteiger partial charge in [0.25, 0.3) is 0 Å². The molecule has 1 saturated carbocycles. The van der Waals surface area contributed by atoms with Crippen LogP contribution in [-0.2, 0) is 5.54 Å². The summed E-state index contributed by atoms with van der Waals surface area (Å²) in [6, 6.07) is 1.69. The van der Waals surface area contributed by atoms with Crippen LogP contribution in [0.5, 0.6) is 17.2 Å². The molecule has 0 unspecified atom stereocenters. The minimum atomic E-state index is -0.436. The Labute approximate surface area is 112 Å². The summed E-state index contributed by atoms with van der Waals surface area (Å²) in [4.78, 5) is 0. The molecule has 1 fully saturated rings. The van der Waals surface area contributed by atoms with Gasteiger partial charge in [0.1, 0.15) is 5.75 Å². The minimum Gasteiger partial charge on any atom is -0.495 e. The summed E-state index contributed by atoms with van der Waals surface area (Å²) in [5.74, 6) is 1.77. The molecule has 0 bridgehead atoms. The summed E-state index contributed by atoms with van der Waals surface area (Å²) in [5, 5.41) is 0.488. The maximum absolute atomic E-state index is 6.40. The van der Waals surface area contributed by atoms with Gasteiger partial charge in [-0.3, -0.25) is 0 Å². The molecule has 0 aromatic heterocycles. The number of hydrogen-bond donors (Lipinski definition) is 1. The third-order valence-corrected chi connectivity index (χ3v) is 3.81. The van der Waals surface area contributed by atoms with E-state index in [-0.39, 0.29) is 0 Å². The van der Waals surface area contributed by atoms with Gasteiger partial charge in [0.2, 0.25) is 0 Å². The van der Waals surface area contributed by atoms with E-state index in [2.05, 4.69) is 0 Å². The van der Waals surface area contributed by atoms with Crippen LogP contribution >= 0.6 is 11.6 Å². The van der Waals surface area contributed by atoms with Gasteiger partial charge in [0.05, 0.1) is 31.9 Å². The van der Waals surface area contributed by atoms with Crippen LogP contribution < -0.4 is 19.9 Å². The van der Waals surface area contributed by atoms with Gasteiger partial charge in [-0.1, -0.05) is 11.6 Å². The zero-order valence-electron chi connectivity index (χ0n) is 10.9. The van der Waals surface area contributed by atoms with Crippen LogP contribution in [0, 0.1) is 0 Å². The largest absolute Gasteiger partial charge is 0.495 e. The standard InChI is InChI=1S/C13H18ClNO3/c1-16-9-7-8(14)11(17-2)10(12(9)18-3)13(15)5-4-6-13/h7H,4-6,15H2,1-3H3. The van der Waals surface area contributed by atoms with Gasteiger partial charge in [0, 0.05) is 11.6 Å². The number of halogens is 1. The molecule has 100 valence electrons. The van der Waals surface area contributed by atoms with Crippen LogP contribution in [0.1, 0.15) is 24.8 Å². The highest BCUT2D eigenvalue weighted by molar-refractivity contribution is 6.32. The van der Waals surface area contributed by atoms with E-state index in [1.165, 1.54) is 0 Å². The van der Waals surface area contributed by atoms with Crippen LogP contribution in [0.2, 0.25) is 5.02 Å². The smallest absolute Gasteiger partial charge is 0.169 e. The van der Waals surface area contributed by atoms with Crippen molar-refractivity contribution in [3.05, 3.63) is 16.7 Å². The van der Waals surface area contributed by atoms with Crippen molar-refractivity contribution in [3.63, 3.8) is 0 Å². The number of hydrogen-bond acceptors (Lipinski definition) is 4. The van der Waals surface area contributed by atoms with Gasteiger partial charge >= 0.3 is 0 Å². The normalized spacial score (nSPS) is 16.9. The monoisotopic (exact) mass is 271 g/mol. The van der Waals surface area contributed by atoms with Crippen molar-refractivity contribution >= 4 is 11.6 Å². The molecule has 0 atom stereocenters. The average molecular weight is 272 g/mol. The second-order valence-corrected chi connectivity index (χ2v) is 4.92. The summed E-state index contributed by atoms with van der Waals surface area (Å²) in [5.41, 5.74) is 6.77. The Morgan fingerprint density at radius 3 is 2.11 bits per heavy atom. The molecular weight excluding hydrogens is 254 g/mol. The van der Waals surface area contributed by atoms with Gasteiger partial charge in [-0.25, -0.2) is 0 Å². The van der Waals surface area contributed by atoms with Gasteiger partial charge in [-0.05, 0) is 19.3 Å². The molecular formula is C13H18ClNO3. The Morgan fingerprint density at radius 1 is 1.11 bits per heavy atom. The summed E-state index contributed by atoms with van der Waals surface area (Å²) in [6.07, 6.45) is 2.88. The highest BCUT2D eigenvalue weighted by Gasteiger charge is 2.41.